The van der Waals surface area contributed by atoms with Crippen LogP contribution in [0, 0.1) is 0 Å². The van der Waals surface area contributed by atoms with Crippen LogP contribution in [0.5, 0.6) is 5.75 Å². The van der Waals surface area contributed by atoms with Crippen molar-refractivity contribution in [1.29, 1.82) is 0 Å². The molecule has 0 spiro atoms. The number of likely N-dealkylation sites (N-methyl/N-ethyl adjacent to an activating group) is 1. The van der Waals surface area contributed by atoms with Crippen LogP contribution < -0.4 is 10.1 Å². The van der Waals surface area contributed by atoms with Crippen LogP contribution in [0.4, 0.5) is 5.69 Å². The number of rotatable bonds is 7. The predicted molar refractivity (Wildman–Crippen MR) is 114 cm³/mol. The van der Waals surface area contributed by atoms with Gasteiger partial charge >= 0.3 is 0 Å². The Morgan fingerprint density at radius 3 is 2.14 bits per heavy atom. The Morgan fingerprint density at radius 1 is 1.04 bits per heavy atom. The molecule has 0 bridgehead atoms. The maximum Gasteiger partial charge on any atom is 0.266 e. The summed E-state index contributed by atoms with van der Waals surface area (Å²) >= 11 is 18.0. The summed E-state index contributed by atoms with van der Waals surface area (Å²) in [5.41, 5.74) is -0.859. The van der Waals surface area contributed by atoms with E-state index >= 15 is 0 Å². The Kier molecular flexibility index (Phi) is 7.58. The average Bonchev–Trinajstić information content (AvgIpc) is 2.64. The molecule has 28 heavy (non-hydrogen) atoms. The topological polar surface area (TPSA) is 58.6 Å². The molecule has 0 saturated heterocycles. The van der Waals surface area contributed by atoms with Gasteiger partial charge in [0.1, 0.15) is 5.75 Å². The first kappa shape index (κ1) is 22.3. The fourth-order valence-corrected chi connectivity index (χ4v) is 3.14. The van der Waals surface area contributed by atoms with E-state index in [9.17, 15) is 9.59 Å². The summed E-state index contributed by atoms with van der Waals surface area (Å²) in [6.45, 7) is 5.25. The lowest BCUT2D eigenvalue weighted by Crippen LogP contribution is -2.51. The quantitative estimate of drug-likeness (QED) is 0.632. The van der Waals surface area contributed by atoms with Crippen molar-refractivity contribution in [1.82, 2.24) is 4.90 Å². The summed E-state index contributed by atoms with van der Waals surface area (Å²) in [6, 6.07) is 11.6. The van der Waals surface area contributed by atoms with Crippen LogP contribution in [0.2, 0.25) is 15.1 Å². The lowest BCUT2D eigenvalue weighted by Gasteiger charge is -2.31. The molecule has 0 radical (unpaired) electrons. The van der Waals surface area contributed by atoms with E-state index in [1.54, 1.807) is 63.2 Å². The van der Waals surface area contributed by atoms with Gasteiger partial charge in [0, 0.05) is 11.6 Å². The van der Waals surface area contributed by atoms with Gasteiger partial charge in [-0.2, -0.15) is 0 Å². The number of carbonyl (C=O) groups is 2. The second kappa shape index (κ2) is 9.50. The van der Waals surface area contributed by atoms with Gasteiger partial charge in [-0.15, -0.1) is 0 Å². The fourth-order valence-electron chi connectivity index (χ4n) is 2.52. The van der Waals surface area contributed by atoms with Crippen LogP contribution in [0.15, 0.2) is 42.5 Å². The second-order valence-electron chi connectivity index (χ2n) is 6.53. The van der Waals surface area contributed by atoms with Crippen molar-refractivity contribution >= 4 is 52.3 Å². The number of anilines is 1. The Bertz CT molecular complexity index is 834. The highest BCUT2D eigenvalue weighted by atomic mass is 35.5. The molecule has 1 N–H and O–H groups in total. The average molecular weight is 444 g/mol. The molecule has 8 heteroatoms. The molecule has 0 fully saturated rings. The first-order valence-electron chi connectivity index (χ1n) is 8.62. The minimum Gasteiger partial charge on any atom is -0.478 e. The zero-order valence-electron chi connectivity index (χ0n) is 15.8. The molecule has 2 rings (SSSR count). The third-order valence-electron chi connectivity index (χ3n) is 3.93. The minimum atomic E-state index is -1.17. The summed E-state index contributed by atoms with van der Waals surface area (Å²) in [7, 11) is 0. The second-order valence-corrected chi connectivity index (χ2v) is 7.78. The molecular formula is C20H21Cl3N2O3. The monoisotopic (exact) mass is 442 g/mol. The van der Waals surface area contributed by atoms with Crippen molar-refractivity contribution in [2.24, 2.45) is 0 Å². The van der Waals surface area contributed by atoms with Crippen LogP contribution in [-0.2, 0) is 9.59 Å². The molecule has 0 heterocycles. The molecule has 0 aliphatic rings. The van der Waals surface area contributed by atoms with Crippen molar-refractivity contribution in [2.75, 3.05) is 18.4 Å². The van der Waals surface area contributed by atoms with Gasteiger partial charge in [0.25, 0.3) is 5.91 Å². The molecule has 0 unspecified atom stereocenters. The van der Waals surface area contributed by atoms with E-state index < -0.39 is 11.5 Å². The van der Waals surface area contributed by atoms with E-state index in [-0.39, 0.29) is 12.5 Å². The van der Waals surface area contributed by atoms with E-state index in [4.69, 9.17) is 39.5 Å². The van der Waals surface area contributed by atoms with Gasteiger partial charge in [-0.25, -0.2) is 0 Å². The molecule has 0 aliphatic carbocycles. The molecule has 5 nitrogen and oxygen atoms in total. The smallest absolute Gasteiger partial charge is 0.266 e. The van der Waals surface area contributed by atoms with Crippen molar-refractivity contribution < 1.29 is 14.3 Å². The number of benzene rings is 2. The molecule has 150 valence electrons. The first-order valence-corrected chi connectivity index (χ1v) is 9.75. The minimum absolute atomic E-state index is 0.162. The lowest BCUT2D eigenvalue weighted by molar-refractivity contribution is -0.147. The Morgan fingerprint density at radius 2 is 1.61 bits per heavy atom. The highest BCUT2D eigenvalue weighted by molar-refractivity contribution is 6.39. The standard InChI is InChI=1S/C20H21Cl3N2O3/c1-4-25(12-17(26)24-18-15(22)6-5-7-16(18)23)19(27)20(2,3)28-14-10-8-13(21)9-11-14/h5-11H,4,12H2,1-3H3,(H,24,26). The Balaban J connectivity index is 2.07. The summed E-state index contributed by atoms with van der Waals surface area (Å²) in [5, 5.41) is 3.87. The van der Waals surface area contributed by atoms with Crippen molar-refractivity contribution in [2.45, 2.75) is 26.4 Å². The molecule has 2 aromatic carbocycles. The number of hydrogen-bond acceptors (Lipinski definition) is 3. The number of halogens is 3. The van der Waals surface area contributed by atoms with Crippen LogP contribution in [0.1, 0.15) is 20.8 Å². The Labute approximate surface area is 179 Å². The third-order valence-corrected chi connectivity index (χ3v) is 4.81. The number of nitrogens with zero attached hydrogens (tertiary/aromatic N) is 1. The van der Waals surface area contributed by atoms with Crippen LogP contribution in [0.3, 0.4) is 0 Å². The lowest BCUT2D eigenvalue weighted by atomic mass is 10.1. The van der Waals surface area contributed by atoms with Gasteiger partial charge in [-0.05, 0) is 57.2 Å². The molecule has 0 atom stereocenters. The largest absolute Gasteiger partial charge is 0.478 e. The molecule has 0 aliphatic heterocycles. The normalized spacial score (nSPS) is 11.1. The fraction of sp³-hybridized carbons (Fsp3) is 0.300. The van der Waals surface area contributed by atoms with Gasteiger partial charge in [0.15, 0.2) is 5.60 Å². The number of carbonyl (C=O) groups excluding carboxylic acids is 2. The van der Waals surface area contributed by atoms with E-state index in [0.29, 0.717) is 33.0 Å². The summed E-state index contributed by atoms with van der Waals surface area (Å²) in [5.74, 6) is -0.232. The zero-order chi connectivity index (χ0) is 20.9. The molecule has 2 amide bonds. The van der Waals surface area contributed by atoms with E-state index in [2.05, 4.69) is 5.32 Å². The maximum atomic E-state index is 12.9. The van der Waals surface area contributed by atoms with Crippen molar-refractivity contribution in [3.63, 3.8) is 0 Å². The number of amides is 2. The number of para-hydroxylation sites is 1. The predicted octanol–water partition coefficient (Wildman–Crippen LogP) is 5.29. The van der Waals surface area contributed by atoms with E-state index in [1.165, 1.54) is 4.90 Å². The summed E-state index contributed by atoms with van der Waals surface area (Å²) in [6.07, 6.45) is 0. The van der Waals surface area contributed by atoms with Crippen LogP contribution >= 0.6 is 34.8 Å². The van der Waals surface area contributed by atoms with Crippen LogP contribution in [-0.4, -0.2) is 35.4 Å². The first-order chi connectivity index (χ1) is 13.1. The van der Waals surface area contributed by atoms with Gasteiger partial charge in [0.2, 0.25) is 5.91 Å². The molecule has 2 aromatic rings. The highest BCUT2D eigenvalue weighted by Crippen LogP contribution is 2.29. The van der Waals surface area contributed by atoms with E-state index in [0.717, 1.165) is 0 Å². The number of nitrogens with one attached hydrogen (secondary N) is 1. The van der Waals surface area contributed by atoms with Crippen LogP contribution in [0.25, 0.3) is 0 Å². The number of hydrogen-bond donors (Lipinski definition) is 1. The van der Waals surface area contributed by atoms with Gasteiger partial charge in [-0.3, -0.25) is 9.59 Å². The zero-order valence-corrected chi connectivity index (χ0v) is 18.0. The van der Waals surface area contributed by atoms with Gasteiger partial charge in [-0.1, -0.05) is 40.9 Å². The third kappa shape index (κ3) is 5.77. The SMILES string of the molecule is CCN(CC(=O)Nc1c(Cl)cccc1Cl)C(=O)C(C)(C)Oc1ccc(Cl)cc1. The Hall–Kier alpha value is -1.95. The highest BCUT2D eigenvalue weighted by Gasteiger charge is 2.34. The summed E-state index contributed by atoms with van der Waals surface area (Å²) in [4.78, 5) is 26.8. The maximum absolute atomic E-state index is 12.9. The summed E-state index contributed by atoms with van der Waals surface area (Å²) < 4.78 is 5.82. The molecule has 0 aromatic heterocycles. The van der Waals surface area contributed by atoms with Gasteiger partial charge < -0.3 is 15.0 Å². The van der Waals surface area contributed by atoms with Gasteiger partial charge in [0.05, 0.1) is 22.3 Å². The van der Waals surface area contributed by atoms with Crippen molar-refractivity contribution in [3.8, 4) is 5.75 Å². The van der Waals surface area contributed by atoms with Crippen molar-refractivity contribution in [3.05, 3.63) is 57.5 Å². The molecular weight excluding hydrogens is 423 g/mol. The number of ether oxygens (including phenoxy) is 1. The van der Waals surface area contributed by atoms with E-state index in [1.807, 2.05) is 0 Å². The molecule has 0 saturated carbocycles.